The van der Waals surface area contributed by atoms with E-state index in [1.54, 1.807) is 0 Å². The molecule has 0 saturated heterocycles. The molecule has 0 aliphatic carbocycles. The third kappa shape index (κ3) is 1.86. The maximum Gasteiger partial charge on any atom is 0.330 e. The van der Waals surface area contributed by atoms with E-state index in [1.807, 2.05) is 13.8 Å². The summed E-state index contributed by atoms with van der Waals surface area (Å²) in [6, 6.07) is -0.822. The van der Waals surface area contributed by atoms with Gasteiger partial charge >= 0.3 is 5.97 Å². The minimum atomic E-state index is -0.822. The summed E-state index contributed by atoms with van der Waals surface area (Å²) in [7, 11) is 1.30. The van der Waals surface area contributed by atoms with Gasteiger partial charge in [0, 0.05) is 5.69 Å². The Morgan fingerprint density at radius 3 is 2.62 bits per heavy atom. The molecule has 13 heavy (non-hydrogen) atoms. The van der Waals surface area contributed by atoms with Crippen molar-refractivity contribution in [2.24, 2.45) is 5.73 Å². The highest BCUT2D eigenvalue weighted by Crippen LogP contribution is 2.10. The number of carbonyl (C=O) groups is 1. The molecule has 0 aliphatic heterocycles. The number of hydrogen-bond acceptors (Lipinski definition) is 4. The van der Waals surface area contributed by atoms with Gasteiger partial charge in [-0.3, -0.25) is 0 Å². The molecule has 72 valence electrons. The fourth-order valence-electron chi connectivity index (χ4n) is 0.961. The van der Waals surface area contributed by atoms with Gasteiger partial charge in [0.15, 0.2) is 6.04 Å². The summed E-state index contributed by atoms with van der Waals surface area (Å²) in [5.74, 6) is -0.0457. The highest BCUT2D eigenvalue weighted by atomic mass is 16.5. The lowest BCUT2D eigenvalue weighted by atomic mass is 10.3. The van der Waals surface area contributed by atoms with Crippen LogP contribution in [-0.4, -0.2) is 23.0 Å². The molecule has 0 aromatic carbocycles. The number of aromatic amines is 1. The van der Waals surface area contributed by atoms with Crippen LogP contribution in [0.3, 0.4) is 0 Å². The molecular weight excluding hydrogens is 170 g/mol. The van der Waals surface area contributed by atoms with Crippen LogP contribution in [0, 0.1) is 13.8 Å². The lowest BCUT2D eigenvalue weighted by Gasteiger charge is -2.04. The molecule has 1 aromatic rings. The summed E-state index contributed by atoms with van der Waals surface area (Å²) in [6.07, 6.45) is 0. The number of nitrogens with two attached hydrogens (primary N) is 1. The standard InChI is InChI=1S/C8H13N3O2/c1-4-5(2)11-7(10-4)6(9)8(12)13-3/h6H,9H2,1-3H3,(H,10,11). The maximum atomic E-state index is 11.0. The van der Waals surface area contributed by atoms with Crippen molar-refractivity contribution in [2.45, 2.75) is 19.9 Å². The van der Waals surface area contributed by atoms with Crippen LogP contribution in [0.25, 0.3) is 0 Å². The quantitative estimate of drug-likeness (QED) is 0.642. The zero-order valence-corrected chi connectivity index (χ0v) is 7.92. The SMILES string of the molecule is COC(=O)C(N)c1nc(C)c(C)[nH]1. The molecule has 1 rings (SSSR count). The molecule has 0 fully saturated rings. The van der Waals surface area contributed by atoms with E-state index in [9.17, 15) is 4.79 Å². The molecule has 1 heterocycles. The van der Waals surface area contributed by atoms with Crippen LogP contribution < -0.4 is 5.73 Å². The van der Waals surface area contributed by atoms with E-state index >= 15 is 0 Å². The number of imidazole rings is 1. The molecule has 0 amide bonds. The van der Waals surface area contributed by atoms with Crippen LogP contribution in [0.1, 0.15) is 23.3 Å². The van der Waals surface area contributed by atoms with E-state index in [1.165, 1.54) is 7.11 Å². The Balaban J connectivity index is 2.89. The molecule has 1 atom stereocenters. The van der Waals surface area contributed by atoms with Crippen molar-refractivity contribution in [3.05, 3.63) is 17.2 Å². The number of H-pyrrole nitrogens is 1. The zero-order chi connectivity index (χ0) is 10.0. The number of carbonyl (C=O) groups excluding carboxylic acids is 1. The summed E-state index contributed by atoms with van der Waals surface area (Å²) in [6.45, 7) is 3.72. The number of ether oxygens (including phenoxy) is 1. The number of nitrogens with one attached hydrogen (secondary N) is 1. The van der Waals surface area contributed by atoms with Crippen molar-refractivity contribution in [2.75, 3.05) is 7.11 Å². The van der Waals surface area contributed by atoms with Crippen LogP contribution in [0.5, 0.6) is 0 Å². The Labute approximate surface area is 76.3 Å². The topological polar surface area (TPSA) is 81.0 Å². The number of esters is 1. The fraction of sp³-hybridized carbons (Fsp3) is 0.500. The number of aromatic nitrogens is 2. The molecular formula is C8H13N3O2. The molecule has 1 aromatic heterocycles. The van der Waals surface area contributed by atoms with E-state index in [0.29, 0.717) is 5.82 Å². The van der Waals surface area contributed by atoms with Gasteiger partial charge in [0.1, 0.15) is 5.82 Å². The number of methoxy groups -OCH3 is 1. The van der Waals surface area contributed by atoms with Crippen LogP contribution in [0.15, 0.2) is 0 Å². The van der Waals surface area contributed by atoms with Crippen LogP contribution in [-0.2, 0) is 9.53 Å². The predicted molar refractivity (Wildman–Crippen MR) is 47.0 cm³/mol. The molecule has 1 unspecified atom stereocenters. The summed E-state index contributed by atoms with van der Waals surface area (Å²) < 4.78 is 4.49. The van der Waals surface area contributed by atoms with Gasteiger partial charge in [0.25, 0.3) is 0 Å². The van der Waals surface area contributed by atoms with Gasteiger partial charge in [-0.25, -0.2) is 9.78 Å². The van der Waals surface area contributed by atoms with Gasteiger partial charge in [-0.1, -0.05) is 0 Å². The number of rotatable bonds is 2. The van der Waals surface area contributed by atoms with Crippen molar-refractivity contribution in [3.63, 3.8) is 0 Å². The summed E-state index contributed by atoms with van der Waals surface area (Å²) in [5, 5.41) is 0. The molecule has 0 radical (unpaired) electrons. The third-order valence-corrected chi connectivity index (χ3v) is 1.90. The minimum absolute atomic E-state index is 0.446. The lowest BCUT2D eigenvalue weighted by Crippen LogP contribution is -2.23. The van der Waals surface area contributed by atoms with E-state index in [4.69, 9.17) is 5.73 Å². The third-order valence-electron chi connectivity index (χ3n) is 1.90. The monoisotopic (exact) mass is 183 g/mol. The highest BCUT2D eigenvalue weighted by molar-refractivity contribution is 5.76. The Kier molecular flexibility index (Phi) is 2.67. The van der Waals surface area contributed by atoms with E-state index in [-0.39, 0.29) is 0 Å². The van der Waals surface area contributed by atoms with Crippen molar-refractivity contribution < 1.29 is 9.53 Å². The van der Waals surface area contributed by atoms with Gasteiger partial charge in [-0.2, -0.15) is 0 Å². The zero-order valence-electron chi connectivity index (χ0n) is 7.92. The summed E-state index contributed by atoms with van der Waals surface area (Å²) in [4.78, 5) is 18.0. The van der Waals surface area contributed by atoms with Crippen LogP contribution in [0.4, 0.5) is 0 Å². The first-order chi connectivity index (χ1) is 6.06. The molecule has 3 N–H and O–H groups in total. The number of nitrogens with zero attached hydrogens (tertiary/aromatic N) is 1. The van der Waals surface area contributed by atoms with Gasteiger partial charge in [0.05, 0.1) is 12.8 Å². The van der Waals surface area contributed by atoms with Gasteiger partial charge in [0.2, 0.25) is 0 Å². The number of hydrogen-bond donors (Lipinski definition) is 2. The highest BCUT2D eigenvalue weighted by Gasteiger charge is 2.19. The van der Waals surface area contributed by atoms with Crippen molar-refractivity contribution in [1.82, 2.24) is 9.97 Å². The van der Waals surface area contributed by atoms with E-state index in [2.05, 4.69) is 14.7 Å². The second-order valence-electron chi connectivity index (χ2n) is 2.83. The summed E-state index contributed by atoms with van der Waals surface area (Å²) >= 11 is 0. The summed E-state index contributed by atoms with van der Waals surface area (Å²) in [5.41, 5.74) is 7.32. The first kappa shape index (κ1) is 9.73. The van der Waals surface area contributed by atoms with Crippen LogP contribution in [0.2, 0.25) is 0 Å². The largest absolute Gasteiger partial charge is 0.468 e. The van der Waals surface area contributed by atoms with Gasteiger partial charge in [-0.05, 0) is 13.8 Å². The van der Waals surface area contributed by atoms with E-state index in [0.717, 1.165) is 11.4 Å². The number of aryl methyl sites for hydroxylation is 2. The average molecular weight is 183 g/mol. The molecule has 5 nitrogen and oxygen atoms in total. The van der Waals surface area contributed by atoms with Gasteiger partial charge < -0.3 is 15.5 Å². The van der Waals surface area contributed by atoms with Gasteiger partial charge in [-0.15, -0.1) is 0 Å². The Bertz CT molecular complexity index is 300. The molecule has 0 bridgehead atoms. The second-order valence-corrected chi connectivity index (χ2v) is 2.83. The smallest absolute Gasteiger partial charge is 0.330 e. The van der Waals surface area contributed by atoms with Crippen molar-refractivity contribution in [1.29, 1.82) is 0 Å². The second kappa shape index (κ2) is 3.57. The lowest BCUT2D eigenvalue weighted by molar-refractivity contribution is -0.142. The molecule has 5 heteroatoms. The average Bonchev–Trinajstić information content (AvgIpc) is 2.44. The Morgan fingerprint density at radius 2 is 2.23 bits per heavy atom. The van der Waals surface area contributed by atoms with Crippen molar-refractivity contribution in [3.8, 4) is 0 Å². The minimum Gasteiger partial charge on any atom is -0.468 e. The normalized spacial score (nSPS) is 12.6. The predicted octanol–water partition coefficient (Wildman–Crippen LogP) is 0.199. The Morgan fingerprint density at radius 1 is 1.62 bits per heavy atom. The fourth-order valence-corrected chi connectivity index (χ4v) is 0.961. The molecule has 0 aliphatic rings. The molecule has 0 saturated carbocycles. The molecule has 0 spiro atoms. The first-order valence-corrected chi connectivity index (χ1v) is 3.92. The van der Waals surface area contributed by atoms with Crippen LogP contribution >= 0.6 is 0 Å². The maximum absolute atomic E-state index is 11.0. The first-order valence-electron chi connectivity index (χ1n) is 3.92. The Hall–Kier alpha value is -1.36. The van der Waals surface area contributed by atoms with E-state index < -0.39 is 12.0 Å². The van der Waals surface area contributed by atoms with Crippen molar-refractivity contribution >= 4 is 5.97 Å².